The van der Waals surface area contributed by atoms with Crippen LogP contribution in [0.4, 0.5) is 0 Å². The average molecular weight is 413 g/mol. The van der Waals surface area contributed by atoms with Crippen LogP contribution in [-0.2, 0) is 0 Å². The first-order valence-corrected chi connectivity index (χ1v) is 9.78. The SMILES string of the molecule is COc1ccc(Cl)cc1-c1cccc(-n2cnc3cc(-c4ccncn4)ccc32)c1. The number of fused-ring (bicyclic) bond motifs is 1. The Balaban J connectivity index is 1.58. The second-order valence-electron chi connectivity index (χ2n) is 6.81. The molecule has 0 aliphatic carbocycles. The van der Waals surface area contributed by atoms with E-state index in [0.717, 1.165) is 44.9 Å². The van der Waals surface area contributed by atoms with Crippen LogP contribution in [0.1, 0.15) is 0 Å². The Hall–Kier alpha value is -3.70. The summed E-state index contributed by atoms with van der Waals surface area (Å²) in [5.41, 5.74) is 6.77. The molecule has 0 unspecified atom stereocenters. The van der Waals surface area contributed by atoms with Gasteiger partial charge in [-0.2, -0.15) is 0 Å². The van der Waals surface area contributed by atoms with Crippen LogP contribution in [0.15, 0.2) is 85.6 Å². The Bertz CT molecular complexity index is 1350. The Kier molecular flexibility index (Phi) is 4.65. The zero-order chi connectivity index (χ0) is 20.5. The van der Waals surface area contributed by atoms with Crippen molar-refractivity contribution >= 4 is 22.6 Å². The summed E-state index contributed by atoms with van der Waals surface area (Å²) in [6, 6.07) is 21.9. The van der Waals surface area contributed by atoms with Gasteiger partial charge in [0, 0.05) is 28.0 Å². The first-order valence-electron chi connectivity index (χ1n) is 9.41. The van der Waals surface area contributed by atoms with Gasteiger partial charge in [0.25, 0.3) is 0 Å². The van der Waals surface area contributed by atoms with Gasteiger partial charge in [-0.05, 0) is 54.1 Å². The summed E-state index contributed by atoms with van der Waals surface area (Å²) in [6.07, 6.45) is 5.12. The van der Waals surface area contributed by atoms with Gasteiger partial charge in [0.15, 0.2) is 0 Å². The van der Waals surface area contributed by atoms with Gasteiger partial charge in [-0.1, -0.05) is 29.8 Å². The molecule has 0 saturated carbocycles. The zero-order valence-electron chi connectivity index (χ0n) is 16.2. The molecule has 0 bridgehead atoms. The number of imidazole rings is 1. The summed E-state index contributed by atoms with van der Waals surface area (Å²) in [6.45, 7) is 0. The fourth-order valence-corrected chi connectivity index (χ4v) is 3.74. The van der Waals surface area contributed by atoms with Crippen molar-refractivity contribution in [3.05, 3.63) is 90.6 Å². The van der Waals surface area contributed by atoms with Crippen molar-refractivity contribution < 1.29 is 4.74 Å². The molecule has 0 N–H and O–H groups in total. The number of halogens is 1. The first kappa shape index (κ1) is 18.3. The van der Waals surface area contributed by atoms with Crippen molar-refractivity contribution in [3.8, 4) is 33.8 Å². The van der Waals surface area contributed by atoms with Crippen LogP contribution < -0.4 is 4.74 Å². The van der Waals surface area contributed by atoms with Crippen molar-refractivity contribution in [3.63, 3.8) is 0 Å². The lowest BCUT2D eigenvalue weighted by atomic mass is 10.0. The lowest BCUT2D eigenvalue weighted by molar-refractivity contribution is 0.416. The number of methoxy groups -OCH3 is 1. The molecule has 0 atom stereocenters. The maximum atomic E-state index is 6.23. The Morgan fingerprint density at radius 1 is 0.900 bits per heavy atom. The number of ether oxygens (including phenoxy) is 1. The molecule has 146 valence electrons. The molecular weight excluding hydrogens is 396 g/mol. The Labute approximate surface area is 178 Å². The highest BCUT2D eigenvalue weighted by molar-refractivity contribution is 6.31. The van der Waals surface area contributed by atoms with Gasteiger partial charge in [0.1, 0.15) is 18.4 Å². The molecule has 3 aromatic carbocycles. The van der Waals surface area contributed by atoms with Crippen molar-refractivity contribution in [2.75, 3.05) is 7.11 Å². The van der Waals surface area contributed by atoms with Gasteiger partial charge in [-0.3, -0.25) is 4.57 Å². The van der Waals surface area contributed by atoms with E-state index in [0.29, 0.717) is 5.02 Å². The molecule has 5 rings (SSSR count). The average Bonchev–Trinajstić information content (AvgIpc) is 3.23. The minimum absolute atomic E-state index is 0.668. The van der Waals surface area contributed by atoms with Crippen LogP contribution in [0.2, 0.25) is 5.02 Å². The predicted molar refractivity (Wildman–Crippen MR) is 119 cm³/mol. The van der Waals surface area contributed by atoms with E-state index in [2.05, 4.69) is 37.7 Å². The molecule has 0 aliphatic rings. The van der Waals surface area contributed by atoms with Gasteiger partial charge in [0.05, 0.1) is 23.8 Å². The molecule has 0 saturated heterocycles. The molecule has 0 fully saturated rings. The summed E-state index contributed by atoms with van der Waals surface area (Å²) in [4.78, 5) is 12.9. The quantitative estimate of drug-likeness (QED) is 0.373. The maximum Gasteiger partial charge on any atom is 0.126 e. The van der Waals surface area contributed by atoms with Crippen LogP contribution in [0.3, 0.4) is 0 Å². The lowest BCUT2D eigenvalue weighted by Crippen LogP contribution is -1.94. The Morgan fingerprint density at radius 2 is 1.83 bits per heavy atom. The van der Waals surface area contributed by atoms with E-state index in [1.54, 1.807) is 19.6 Å². The molecular formula is C24H17ClN4O. The van der Waals surface area contributed by atoms with Crippen LogP contribution >= 0.6 is 11.6 Å². The largest absolute Gasteiger partial charge is 0.496 e. The highest BCUT2D eigenvalue weighted by Crippen LogP contribution is 2.34. The minimum atomic E-state index is 0.668. The zero-order valence-corrected chi connectivity index (χ0v) is 16.9. The summed E-state index contributed by atoms with van der Waals surface area (Å²) in [5.74, 6) is 0.779. The van der Waals surface area contributed by atoms with Crippen molar-refractivity contribution in [1.29, 1.82) is 0 Å². The van der Waals surface area contributed by atoms with Gasteiger partial charge in [-0.25, -0.2) is 15.0 Å². The molecule has 5 aromatic rings. The van der Waals surface area contributed by atoms with E-state index in [1.807, 2.05) is 54.9 Å². The van der Waals surface area contributed by atoms with Crippen molar-refractivity contribution in [2.45, 2.75) is 0 Å². The van der Waals surface area contributed by atoms with E-state index in [1.165, 1.54) is 0 Å². The highest BCUT2D eigenvalue weighted by Gasteiger charge is 2.11. The molecule has 2 aromatic heterocycles. The fraction of sp³-hybridized carbons (Fsp3) is 0.0417. The molecule has 0 amide bonds. The summed E-state index contributed by atoms with van der Waals surface area (Å²) >= 11 is 6.23. The van der Waals surface area contributed by atoms with Gasteiger partial charge >= 0.3 is 0 Å². The fourth-order valence-electron chi connectivity index (χ4n) is 3.57. The molecule has 6 heteroatoms. The number of nitrogens with zero attached hydrogens (tertiary/aromatic N) is 4. The summed E-state index contributed by atoms with van der Waals surface area (Å²) in [7, 11) is 1.66. The minimum Gasteiger partial charge on any atom is -0.496 e. The summed E-state index contributed by atoms with van der Waals surface area (Å²) < 4.78 is 7.59. The predicted octanol–water partition coefficient (Wildman–Crippen LogP) is 5.81. The van der Waals surface area contributed by atoms with Crippen LogP contribution in [0.5, 0.6) is 5.75 Å². The standard InChI is InChI=1S/C24H17ClN4O/c1-30-24-8-6-18(25)13-20(24)16-3-2-4-19(11-16)29-15-28-22-12-17(5-7-23(22)29)21-9-10-26-14-27-21/h2-15H,1H3. The third-order valence-corrected chi connectivity index (χ3v) is 5.26. The molecule has 0 aliphatic heterocycles. The number of benzene rings is 3. The summed E-state index contributed by atoms with van der Waals surface area (Å²) in [5, 5.41) is 0.668. The van der Waals surface area contributed by atoms with Crippen molar-refractivity contribution in [2.24, 2.45) is 0 Å². The number of aromatic nitrogens is 4. The van der Waals surface area contributed by atoms with E-state index in [-0.39, 0.29) is 0 Å². The van der Waals surface area contributed by atoms with Crippen LogP contribution in [0.25, 0.3) is 39.1 Å². The van der Waals surface area contributed by atoms with E-state index >= 15 is 0 Å². The third kappa shape index (κ3) is 3.29. The normalized spacial score (nSPS) is 11.0. The molecule has 30 heavy (non-hydrogen) atoms. The third-order valence-electron chi connectivity index (χ3n) is 5.02. The molecule has 0 spiro atoms. The number of hydrogen-bond donors (Lipinski definition) is 0. The van der Waals surface area contributed by atoms with Gasteiger partial charge in [0.2, 0.25) is 0 Å². The van der Waals surface area contributed by atoms with E-state index < -0.39 is 0 Å². The van der Waals surface area contributed by atoms with Crippen LogP contribution in [0, 0.1) is 0 Å². The van der Waals surface area contributed by atoms with E-state index in [9.17, 15) is 0 Å². The first-order chi connectivity index (χ1) is 14.7. The lowest BCUT2D eigenvalue weighted by Gasteiger charge is -2.11. The maximum absolute atomic E-state index is 6.23. The number of rotatable bonds is 4. The van der Waals surface area contributed by atoms with Gasteiger partial charge < -0.3 is 4.74 Å². The number of hydrogen-bond acceptors (Lipinski definition) is 4. The second-order valence-corrected chi connectivity index (χ2v) is 7.24. The molecule has 5 nitrogen and oxygen atoms in total. The smallest absolute Gasteiger partial charge is 0.126 e. The Morgan fingerprint density at radius 3 is 2.67 bits per heavy atom. The second kappa shape index (κ2) is 7.61. The van der Waals surface area contributed by atoms with Gasteiger partial charge in [-0.15, -0.1) is 0 Å². The molecule has 2 heterocycles. The van der Waals surface area contributed by atoms with Crippen molar-refractivity contribution in [1.82, 2.24) is 19.5 Å². The van der Waals surface area contributed by atoms with Crippen LogP contribution in [-0.4, -0.2) is 26.6 Å². The topological polar surface area (TPSA) is 52.8 Å². The monoisotopic (exact) mass is 412 g/mol. The molecule has 0 radical (unpaired) electrons. The van der Waals surface area contributed by atoms with E-state index in [4.69, 9.17) is 16.3 Å². The highest BCUT2D eigenvalue weighted by atomic mass is 35.5.